The quantitative estimate of drug-likeness (QED) is 0.591. The molecule has 0 unspecified atom stereocenters. The summed E-state index contributed by atoms with van der Waals surface area (Å²) >= 11 is 0. The molecule has 2 N–H and O–H groups in total. The summed E-state index contributed by atoms with van der Waals surface area (Å²) in [5.41, 5.74) is 1.69. The van der Waals surface area contributed by atoms with Gasteiger partial charge in [-0.15, -0.1) is 0 Å². The molecule has 7 nitrogen and oxygen atoms in total. The average Bonchev–Trinajstić information content (AvgIpc) is 2.79. The topological polar surface area (TPSA) is 85.9 Å². The van der Waals surface area contributed by atoms with Crippen LogP contribution in [0.3, 0.4) is 0 Å². The van der Waals surface area contributed by atoms with Gasteiger partial charge in [0.2, 0.25) is 0 Å². The van der Waals surface area contributed by atoms with Gasteiger partial charge in [0.05, 0.1) is 14.2 Å². The second kappa shape index (κ2) is 9.97. The minimum Gasteiger partial charge on any atom is -0.497 e. The first-order valence-corrected chi connectivity index (χ1v) is 9.20. The van der Waals surface area contributed by atoms with Crippen LogP contribution in [0.25, 0.3) is 0 Å². The van der Waals surface area contributed by atoms with Gasteiger partial charge in [-0.3, -0.25) is 9.59 Å². The molecule has 30 heavy (non-hydrogen) atoms. The van der Waals surface area contributed by atoms with E-state index in [1.54, 1.807) is 73.8 Å². The highest BCUT2D eigenvalue weighted by molar-refractivity contribution is 6.04. The molecule has 0 spiro atoms. The Morgan fingerprint density at radius 2 is 1.33 bits per heavy atom. The van der Waals surface area contributed by atoms with Crippen molar-refractivity contribution in [2.45, 2.75) is 0 Å². The largest absolute Gasteiger partial charge is 0.497 e. The first kappa shape index (κ1) is 20.7. The van der Waals surface area contributed by atoms with Crippen LogP contribution in [-0.2, 0) is 4.79 Å². The van der Waals surface area contributed by atoms with E-state index in [1.165, 1.54) is 7.11 Å². The smallest absolute Gasteiger partial charge is 0.262 e. The second-order valence-corrected chi connectivity index (χ2v) is 6.25. The number of hydrogen-bond acceptors (Lipinski definition) is 5. The summed E-state index contributed by atoms with van der Waals surface area (Å²) in [5.74, 6) is 1.18. The molecule has 0 radical (unpaired) electrons. The number of amides is 2. The van der Waals surface area contributed by atoms with Crippen LogP contribution in [0.2, 0.25) is 0 Å². The van der Waals surface area contributed by atoms with Crippen LogP contribution in [0.5, 0.6) is 17.2 Å². The minimum atomic E-state index is -0.323. The van der Waals surface area contributed by atoms with Gasteiger partial charge >= 0.3 is 0 Å². The van der Waals surface area contributed by atoms with Crippen molar-refractivity contribution in [2.75, 3.05) is 31.5 Å². The molecule has 7 heteroatoms. The number of carbonyl (C=O) groups excluding carboxylic acids is 2. The minimum absolute atomic E-state index is 0.167. The molecule has 0 heterocycles. The Labute approximate surface area is 174 Å². The van der Waals surface area contributed by atoms with Crippen LogP contribution in [0.15, 0.2) is 72.8 Å². The molecule has 3 aromatic carbocycles. The molecule has 0 fully saturated rings. The standard InChI is InChI=1S/C23H22N2O5/c1-28-19-13-11-18(12-14-19)25-23(27)16-7-9-17(10-8-16)24-22(26)15-30-21-6-4-3-5-20(21)29-2/h3-14H,15H2,1-2H3,(H,24,26)(H,25,27). The van der Waals surface area contributed by atoms with Gasteiger partial charge in [-0.1, -0.05) is 12.1 Å². The zero-order chi connectivity index (χ0) is 21.3. The van der Waals surface area contributed by atoms with Crippen molar-refractivity contribution in [1.29, 1.82) is 0 Å². The van der Waals surface area contributed by atoms with E-state index in [0.29, 0.717) is 34.2 Å². The third-order valence-electron chi connectivity index (χ3n) is 4.21. The summed E-state index contributed by atoms with van der Waals surface area (Å²) < 4.78 is 15.8. The Kier molecular flexibility index (Phi) is 6.89. The number of benzene rings is 3. The van der Waals surface area contributed by atoms with Gasteiger partial charge in [0.15, 0.2) is 18.1 Å². The predicted octanol–water partition coefficient (Wildman–Crippen LogP) is 3.97. The molecule has 2 amide bonds. The summed E-state index contributed by atoms with van der Waals surface area (Å²) in [4.78, 5) is 24.5. The lowest BCUT2D eigenvalue weighted by molar-refractivity contribution is -0.118. The van der Waals surface area contributed by atoms with Gasteiger partial charge in [-0.2, -0.15) is 0 Å². The van der Waals surface area contributed by atoms with Crippen LogP contribution in [-0.4, -0.2) is 32.6 Å². The highest BCUT2D eigenvalue weighted by atomic mass is 16.5. The summed E-state index contributed by atoms with van der Waals surface area (Å²) in [6.07, 6.45) is 0. The maximum absolute atomic E-state index is 12.4. The number of para-hydroxylation sites is 2. The summed E-state index contributed by atoms with van der Waals surface area (Å²) in [6.45, 7) is -0.167. The normalized spacial score (nSPS) is 10.1. The molecule has 154 valence electrons. The summed E-state index contributed by atoms with van der Waals surface area (Å²) in [6, 6.07) is 20.7. The van der Waals surface area contributed by atoms with Crippen LogP contribution in [0.4, 0.5) is 11.4 Å². The fourth-order valence-corrected chi connectivity index (χ4v) is 2.66. The van der Waals surface area contributed by atoms with Crippen LogP contribution >= 0.6 is 0 Å². The highest BCUT2D eigenvalue weighted by Crippen LogP contribution is 2.25. The lowest BCUT2D eigenvalue weighted by atomic mass is 10.2. The number of carbonyl (C=O) groups is 2. The molecule has 0 saturated heterocycles. The summed E-state index contributed by atoms with van der Waals surface area (Å²) in [7, 11) is 3.12. The second-order valence-electron chi connectivity index (χ2n) is 6.25. The molecule has 3 aromatic rings. The Morgan fingerprint density at radius 1 is 0.733 bits per heavy atom. The van der Waals surface area contributed by atoms with Gasteiger partial charge in [0.1, 0.15) is 5.75 Å². The predicted molar refractivity (Wildman–Crippen MR) is 115 cm³/mol. The van der Waals surface area contributed by atoms with E-state index < -0.39 is 0 Å². The van der Waals surface area contributed by atoms with E-state index >= 15 is 0 Å². The summed E-state index contributed by atoms with van der Waals surface area (Å²) in [5, 5.41) is 5.53. The van der Waals surface area contributed by atoms with Crippen molar-refractivity contribution in [1.82, 2.24) is 0 Å². The van der Waals surface area contributed by atoms with E-state index in [0.717, 1.165) is 0 Å². The number of ether oxygens (including phenoxy) is 3. The van der Waals surface area contributed by atoms with Gasteiger partial charge < -0.3 is 24.8 Å². The van der Waals surface area contributed by atoms with Crippen LogP contribution in [0.1, 0.15) is 10.4 Å². The first-order valence-electron chi connectivity index (χ1n) is 9.20. The van der Waals surface area contributed by atoms with Gasteiger partial charge in [-0.05, 0) is 60.7 Å². The molecule has 3 rings (SSSR count). The SMILES string of the molecule is COc1ccc(NC(=O)c2ccc(NC(=O)COc3ccccc3OC)cc2)cc1. The lowest BCUT2D eigenvalue weighted by Crippen LogP contribution is -2.20. The van der Waals surface area contributed by atoms with Crippen molar-refractivity contribution >= 4 is 23.2 Å². The van der Waals surface area contributed by atoms with Gasteiger partial charge in [0, 0.05) is 16.9 Å². The van der Waals surface area contributed by atoms with E-state index in [1.807, 2.05) is 6.07 Å². The van der Waals surface area contributed by atoms with Crippen molar-refractivity contribution in [3.63, 3.8) is 0 Å². The zero-order valence-corrected chi connectivity index (χ0v) is 16.7. The molecule has 0 aliphatic rings. The Bertz CT molecular complexity index is 1000. The molecule has 0 saturated carbocycles. The number of anilines is 2. The highest BCUT2D eigenvalue weighted by Gasteiger charge is 2.09. The van der Waals surface area contributed by atoms with Crippen molar-refractivity contribution in [3.8, 4) is 17.2 Å². The van der Waals surface area contributed by atoms with Crippen molar-refractivity contribution in [2.24, 2.45) is 0 Å². The van der Waals surface area contributed by atoms with Crippen LogP contribution < -0.4 is 24.8 Å². The fourth-order valence-electron chi connectivity index (χ4n) is 2.66. The monoisotopic (exact) mass is 406 g/mol. The molecule has 0 aromatic heterocycles. The third kappa shape index (κ3) is 5.51. The molecular weight excluding hydrogens is 384 g/mol. The average molecular weight is 406 g/mol. The Morgan fingerprint density at radius 3 is 1.97 bits per heavy atom. The molecular formula is C23H22N2O5. The maximum atomic E-state index is 12.4. The van der Waals surface area contributed by atoms with E-state index in [9.17, 15) is 9.59 Å². The Balaban J connectivity index is 1.53. The molecule has 0 aliphatic heterocycles. The van der Waals surface area contributed by atoms with E-state index in [-0.39, 0.29) is 18.4 Å². The van der Waals surface area contributed by atoms with Crippen molar-refractivity contribution < 1.29 is 23.8 Å². The number of hydrogen-bond donors (Lipinski definition) is 2. The molecule has 0 aliphatic carbocycles. The number of nitrogens with one attached hydrogen (secondary N) is 2. The van der Waals surface area contributed by atoms with Gasteiger partial charge in [0.25, 0.3) is 11.8 Å². The van der Waals surface area contributed by atoms with E-state index in [2.05, 4.69) is 10.6 Å². The molecule has 0 bridgehead atoms. The van der Waals surface area contributed by atoms with E-state index in [4.69, 9.17) is 14.2 Å². The molecule has 0 atom stereocenters. The Hall–Kier alpha value is -4.00. The fraction of sp³-hybridized carbons (Fsp3) is 0.130. The van der Waals surface area contributed by atoms with Gasteiger partial charge in [-0.25, -0.2) is 0 Å². The van der Waals surface area contributed by atoms with Crippen molar-refractivity contribution in [3.05, 3.63) is 78.4 Å². The van der Waals surface area contributed by atoms with Crippen LogP contribution in [0, 0.1) is 0 Å². The lowest BCUT2D eigenvalue weighted by Gasteiger charge is -2.11. The maximum Gasteiger partial charge on any atom is 0.262 e. The number of methoxy groups -OCH3 is 2. The first-order chi connectivity index (χ1) is 14.6. The zero-order valence-electron chi connectivity index (χ0n) is 16.7. The third-order valence-corrected chi connectivity index (χ3v) is 4.21. The number of rotatable bonds is 8.